The Labute approximate surface area is 135 Å². The zero-order valence-electron chi connectivity index (χ0n) is 13.1. The van der Waals surface area contributed by atoms with Gasteiger partial charge < -0.3 is 9.47 Å². The van der Waals surface area contributed by atoms with E-state index >= 15 is 0 Å². The quantitative estimate of drug-likeness (QED) is 0.650. The Morgan fingerprint density at radius 1 is 1.04 bits per heavy atom. The highest BCUT2D eigenvalue weighted by molar-refractivity contribution is 7.89. The summed E-state index contributed by atoms with van der Waals surface area (Å²) in [6, 6.07) is 11.7. The second kappa shape index (κ2) is 7.15. The Bertz CT molecular complexity index is 799. The molecule has 0 atom stereocenters. The van der Waals surface area contributed by atoms with Crippen molar-refractivity contribution < 1.29 is 17.9 Å². The topological polar surface area (TPSA) is 77.0 Å². The lowest BCUT2D eigenvalue weighted by atomic mass is 10.2. The molecule has 2 aromatic carbocycles. The van der Waals surface area contributed by atoms with Crippen LogP contribution in [0, 0.1) is 6.92 Å². The molecule has 122 valence electrons. The lowest BCUT2D eigenvalue weighted by molar-refractivity contribution is 0.394. The van der Waals surface area contributed by atoms with E-state index in [0.717, 1.165) is 5.56 Å². The molecule has 0 radical (unpaired) electrons. The van der Waals surface area contributed by atoms with E-state index in [-0.39, 0.29) is 4.90 Å². The molecule has 7 heteroatoms. The predicted molar refractivity (Wildman–Crippen MR) is 88.6 cm³/mol. The molecule has 0 aromatic heterocycles. The molecule has 0 amide bonds. The number of sulfonamides is 1. The lowest BCUT2D eigenvalue weighted by Gasteiger charge is -2.07. The van der Waals surface area contributed by atoms with Gasteiger partial charge in [-0.15, -0.1) is 0 Å². The summed E-state index contributed by atoms with van der Waals surface area (Å²) in [6.07, 6.45) is 1.38. The standard InChI is InChI=1S/C16H18N2O4S/c1-12-4-8-15(9-5-12)23(19,20)18-17-11-13-6-7-14(21-2)10-16(13)22-3/h4-11,18H,1-3H3/b17-11-. The fraction of sp³-hybridized carbons (Fsp3) is 0.188. The number of nitrogens with one attached hydrogen (secondary N) is 1. The third-order valence-corrected chi connectivity index (χ3v) is 4.39. The number of methoxy groups -OCH3 is 2. The SMILES string of the molecule is COc1ccc(/C=N\NS(=O)(=O)c2ccc(C)cc2)c(OC)c1. The van der Waals surface area contributed by atoms with E-state index in [0.29, 0.717) is 17.1 Å². The van der Waals surface area contributed by atoms with E-state index in [1.54, 1.807) is 37.4 Å². The Balaban J connectivity index is 2.16. The van der Waals surface area contributed by atoms with E-state index in [1.165, 1.54) is 25.5 Å². The maximum absolute atomic E-state index is 12.1. The highest BCUT2D eigenvalue weighted by atomic mass is 32.2. The molecule has 2 aromatic rings. The first-order chi connectivity index (χ1) is 11.0. The largest absolute Gasteiger partial charge is 0.497 e. The van der Waals surface area contributed by atoms with Crippen molar-refractivity contribution in [3.8, 4) is 11.5 Å². The molecule has 0 aliphatic carbocycles. The van der Waals surface area contributed by atoms with Crippen LogP contribution in [0.4, 0.5) is 0 Å². The van der Waals surface area contributed by atoms with E-state index < -0.39 is 10.0 Å². The van der Waals surface area contributed by atoms with Crippen LogP contribution in [0.3, 0.4) is 0 Å². The van der Waals surface area contributed by atoms with Gasteiger partial charge in [0.2, 0.25) is 0 Å². The maximum Gasteiger partial charge on any atom is 0.276 e. The number of benzene rings is 2. The highest BCUT2D eigenvalue weighted by Crippen LogP contribution is 2.23. The third kappa shape index (κ3) is 4.23. The maximum atomic E-state index is 12.1. The van der Waals surface area contributed by atoms with Crippen LogP contribution in [-0.2, 0) is 10.0 Å². The first kappa shape index (κ1) is 16.8. The number of rotatable bonds is 6. The van der Waals surface area contributed by atoms with Crippen LogP contribution in [0.1, 0.15) is 11.1 Å². The van der Waals surface area contributed by atoms with Gasteiger partial charge >= 0.3 is 0 Å². The van der Waals surface area contributed by atoms with Crippen LogP contribution in [0.15, 0.2) is 52.5 Å². The van der Waals surface area contributed by atoms with Gasteiger partial charge in [0.05, 0.1) is 25.3 Å². The summed E-state index contributed by atoms with van der Waals surface area (Å²) < 4.78 is 34.5. The van der Waals surface area contributed by atoms with Crippen molar-refractivity contribution >= 4 is 16.2 Å². The molecule has 0 unspecified atom stereocenters. The summed E-state index contributed by atoms with van der Waals surface area (Å²) in [6.45, 7) is 1.89. The fourth-order valence-electron chi connectivity index (χ4n) is 1.86. The Morgan fingerprint density at radius 3 is 2.35 bits per heavy atom. The Morgan fingerprint density at radius 2 is 1.74 bits per heavy atom. The first-order valence-corrected chi connectivity index (χ1v) is 8.28. The lowest BCUT2D eigenvalue weighted by Crippen LogP contribution is -2.18. The van der Waals surface area contributed by atoms with Crippen molar-refractivity contribution in [2.75, 3.05) is 14.2 Å². The van der Waals surface area contributed by atoms with Crippen LogP contribution < -0.4 is 14.3 Å². The zero-order chi connectivity index (χ0) is 16.9. The van der Waals surface area contributed by atoms with Crippen molar-refractivity contribution in [2.45, 2.75) is 11.8 Å². The molecule has 0 aliphatic rings. The smallest absolute Gasteiger partial charge is 0.276 e. The van der Waals surface area contributed by atoms with Crippen LogP contribution >= 0.6 is 0 Å². The molecule has 0 heterocycles. The summed E-state index contributed by atoms with van der Waals surface area (Å²) >= 11 is 0. The Kier molecular flexibility index (Phi) is 5.23. The van der Waals surface area contributed by atoms with Gasteiger partial charge in [0.15, 0.2) is 0 Å². The van der Waals surface area contributed by atoms with Gasteiger partial charge in [-0.05, 0) is 31.2 Å². The van der Waals surface area contributed by atoms with Crippen molar-refractivity contribution in [1.29, 1.82) is 0 Å². The molecule has 1 N–H and O–H groups in total. The van der Waals surface area contributed by atoms with Crippen LogP contribution in [0.2, 0.25) is 0 Å². The molecule has 0 fully saturated rings. The molecule has 0 saturated heterocycles. The van der Waals surface area contributed by atoms with E-state index in [4.69, 9.17) is 9.47 Å². The van der Waals surface area contributed by atoms with Crippen molar-refractivity contribution in [1.82, 2.24) is 4.83 Å². The second-order valence-corrected chi connectivity index (χ2v) is 6.43. The van der Waals surface area contributed by atoms with E-state index in [1.807, 2.05) is 6.92 Å². The van der Waals surface area contributed by atoms with Crippen LogP contribution in [0.5, 0.6) is 11.5 Å². The number of hydrogen-bond acceptors (Lipinski definition) is 5. The van der Waals surface area contributed by atoms with Gasteiger partial charge in [-0.25, -0.2) is 4.83 Å². The minimum atomic E-state index is -3.69. The molecule has 0 aliphatic heterocycles. The summed E-state index contributed by atoms with van der Waals surface area (Å²) in [4.78, 5) is 2.33. The first-order valence-electron chi connectivity index (χ1n) is 6.80. The van der Waals surface area contributed by atoms with Gasteiger partial charge in [-0.1, -0.05) is 17.7 Å². The number of hydrogen-bond donors (Lipinski definition) is 1. The van der Waals surface area contributed by atoms with Gasteiger partial charge in [-0.3, -0.25) is 0 Å². The highest BCUT2D eigenvalue weighted by Gasteiger charge is 2.12. The van der Waals surface area contributed by atoms with E-state index in [9.17, 15) is 8.42 Å². The average Bonchev–Trinajstić information content (AvgIpc) is 2.55. The van der Waals surface area contributed by atoms with Crippen molar-refractivity contribution in [3.63, 3.8) is 0 Å². The summed E-state index contributed by atoms with van der Waals surface area (Å²) in [7, 11) is -0.623. The molecule has 0 spiro atoms. The predicted octanol–water partition coefficient (Wildman–Crippen LogP) is 2.32. The molecule has 0 bridgehead atoms. The van der Waals surface area contributed by atoms with Gasteiger partial charge in [-0.2, -0.15) is 13.5 Å². The van der Waals surface area contributed by atoms with Gasteiger partial charge in [0.1, 0.15) is 11.5 Å². The molecule has 0 saturated carbocycles. The number of hydrazone groups is 1. The average molecular weight is 334 g/mol. The fourth-order valence-corrected chi connectivity index (χ4v) is 2.65. The molecule has 2 rings (SSSR count). The van der Waals surface area contributed by atoms with Crippen LogP contribution in [-0.4, -0.2) is 28.9 Å². The summed E-state index contributed by atoms with van der Waals surface area (Å²) in [5.74, 6) is 1.17. The third-order valence-electron chi connectivity index (χ3n) is 3.15. The number of nitrogens with zero attached hydrogens (tertiary/aromatic N) is 1. The summed E-state index contributed by atoms with van der Waals surface area (Å²) in [5, 5.41) is 3.79. The van der Waals surface area contributed by atoms with Gasteiger partial charge in [0.25, 0.3) is 10.0 Å². The van der Waals surface area contributed by atoms with Gasteiger partial charge in [0, 0.05) is 11.6 Å². The summed E-state index contributed by atoms with van der Waals surface area (Å²) in [5.41, 5.74) is 1.61. The van der Waals surface area contributed by atoms with Crippen molar-refractivity contribution in [2.24, 2.45) is 5.10 Å². The normalized spacial score (nSPS) is 11.4. The monoisotopic (exact) mass is 334 g/mol. The minimum Gasteiger partial charge on any atom is -0.497 e. The number of aryl methyl sites for hydroxylation is 1. The zero-order valence-corrected chi connectivity index (χ0v) is 13.9. The van der Waals surface area contributed by atoms with Crippen LogP contribution in [0.25, 0.3) is 0 Å². The molecule has 6 nitrogen and oxygen atoms in total. The molecule has 23 heavy (non-hydrogen) atoms. The molecular weight excluding hydrogens is 316 g/mol. The second-order valence-electron chi connectivity index (χ2n) is 4.77. The minimum absolute atomic E-state index is 0.155. The van der Waals surface area contributed by atoms with Crippen molar-refractivity contribution in [3.05, 3.63) is 53.6 Å². The number of ether oxygens (including phenoxy) is 2. The molecular formula is C16H18N2O4S. The Hall–Kier alpha value is -2.54. The van der Waals surface area contributed by atoms with E-state index in [2.05, 4.69) is 9.93 Å².